The lowest BCUT2D eigenvalue weighted by Crippen LogP contribution is -2.29. The summed E-state index contributed by atoms with van der Waals surface area (Å²) in [6.45, 7) is 1.16. The summed E-state index contributed by atoms with van der Waals surface area (Å²) in [6, 6.07) is 6.62. The molecule has 1 fully saturated rings. The highest BCUT2D eigenvalue weighted by Gasteiger charge is 2.33. The van der Waals surface area contributed by atoms with E-state index in [1.807, 2.05) is 0 Å². The number of hydrogen-bond donors (Lipinski definition) is 2. The van der Waals surface area contributed by atoms with Gasteiger partial charge in [-0.3, -0.25) is 19.7 Å². The first-order valence-corrected chi connectivity index (χ1v) is 10.4. The second-order valence-electron chi connectivity index (χ2n) is 7.40. The Balaban J connectivity index is 1.65. The first-order valence-electron chi connectivity index (χ1n) is 10.0. The molecule has 176 valence electrons. The molecule has 0 spiro atoms. The Hall–Kier alpha value is -3.34. The van der Waals surface area contributed by atoms with Gasteiger partial charge in [0.2, 0.25) is 5.91 Å². The van der Waals surface area contributed by atoms with Gasteiger partial charge in [0.25, 0.3) is 11.6 Å². The third kappa shape index (κ3) is 6.13. The number of halogens is 4. The van der Waals surface area contributed by atoms with Crippen LogP contribution in [-0.2, 0) is 11.0 Å². The molecule has 1 heterocycles. The molecule has 2 aromatic carbocycles. The second-order valence-corrected chi connectivity index (χ2v) is 7.84. The number of nitrogens with one attached hydrogen (secondary N) is 2. The third-order valence-electron chi connectivity index (χ3n) is 5.07. The monoisotopic (exact) mass is 484 g/mol. The van der Waals surface area contributed by atoms with E-state index < -0.39 is 28.3 Å². The van der Waals surface area contributed by atoms with Crippen molar-refractivity contribution < 1.29 is 27.7 Å². The van der Waals surface area contributed by atoms with Gasteiger partial charge in [-0.25, -0.2) is 0 Å². The van der Waals surface area contributed by atoms with Gasteiger partial charge >= 0.3 is 6.18 Å². The van der Waals surface area contributed by atoms with Crippen LogP contribution in [0.4, 0.5) is 30.2 Å². The first-order chi connectivity index (χ1) is 15.6. The quantitative estimate of drug-likeness (QED) is 0.427. The van der Waals surface area contributed by atoms with Crippen molar-refractivity contribution in [2.75, 3.05) is 30.3 Å². The molecule has 0 radical (unpaired) electrons. The molecule has 0 saturated carbocycles. The number of anilines is 2. The lowest BCUT2D eigenvalue weighted by molar-refractivity contribution is -0.384. The van der Waals surface area contributed by atoms with Crippen LogP contribution in [0.1, 0.15) is 35.2 Å². The van der Waals surface area contributed by atoms with Gasteiger partial charge < -0.3 is 15.5 Å². The number of rotatable bonds is 7. The molecule has 0 unspecified atom stereocenters. The first kappa shape index (κ1) is 24.3. The third-order valence-corrected chi connectivity index (χ3v) is 5.30. The summed E-state index contributed by atoms with van der Waals surface area (Å²) < 4.78 is 38.4. The maximum Gasteiger partial charge on any atom is 0.416 e. The summed E-state index contributed by atoms with van der Waals surface area (Å²) in [5, 5.41) is 16.7. The Kier molecular flexibility index (Phi) is 7.42. The van der Waals surface area contributed by atoms with Gasteiger partial charge in [-0.05, 0) is 43.2 Å². The van der Waals surface area contributed by atoms with E-state index in [0.717, 1.165) is 25.0 Å². The molecular weight excluding hydrogens is 465 g/mol. The zero-order valence-corrected chi connectivity index (χ0v) is 18.0. The van der Waals surface area contributed by atoms with Crippen LogP contribution in [0.2, 0.25) is 5.02 Å². The molecule has 33 heavy (non-hydrogen) atoms. The Bertz CT molecular complexity index is 1070. The Morgan fingerprint density at radius 3 is 2.39 bits per heavy atom. The van der Waals surface area contributed by atoms with Crippen LogP contribution in [0.5, 0.6) is 0 Å². The molecule has 0 aromatic heterocycles. The molecule has 0 bridgehead atoms. The van der Waals surface area contributed by atoms with E-state index in [2.05, 4.69) is 10.6 Å². The Morgan fingerprint density at radius 2 is 1.76 bits per heavy atom. The van der Waals surface area contributed by atoms with Crippen molar-refractivity contribution in [1.29, 1.82) is 0 Å². The standard InChI is InChI=1S/C21H20ClF3N4O4/c22-14-4-6-16(15(12-14)20(31)28-9-1-2-10-28)27-19(30)7-8-26-17-5-3-13(21(23,24)25)11-18(17)29(32)33/h3-6,11-12,26H,1-2,7-10H2,(H,27,30). The molecule has 2 amide bonds. The van der Waals surface area contributed by atoms with E-state index in [1.165, 1.54) is 18.2 Å². The number of alkyl halides is 3. The van der Waals surface area contributed by atoms with Crippen molar-refractivity contribution in [1.82, 2.24) is 4.90 Å². The summed E-state index contributed by atoms with van der Waals surface area (Å²) in [4.78, 5) is 37.0. The van der Waals surface area contributed by atoms with Crippen LogP contribution in [0, 0.1) is 10.1 Å². The molecule has 3 rings (SSSR count). The van der Waals surface area contributed by atoms with Gasteiger partial charge in [-0.2, -0.15) is 13.2 Å². The molecule has 1 aliphatic heterocycles. The predicted octanol–water partition coefficient (Wildman–Crippen LogP) is 4.94. The lowest BCUT2D eigenvalue weighted by Gasteiger charge is -2.18. The fourth-order valence-electron chi connectivity index (χ4n) is 3.42. The molecule has 0 aliphatic carbocycles. The number of carbonyl (C=O) groups excluding carboxylic acids is 2. The van der Waals surface area contributed by atoms with E-state index in [-0.39, 0.29) is 35.8 Å². The van der Waals surface area contributed by atoms with Crippen molar-refractivity contribution >= 4 is 40.5 Å². The maximum absolute atomic E-state index is 12.8. The van der Waals surface area contributed by atoms with E-state index in [4.69, 9.17) is 11.6 Å². The van der Waals surface area contributed by atoms with Crippen molar-refractivity contribution in [2.45, 2.75) is 25.4 Å². The van der Waals surface area contributed by atoms with Crippen LogP contribution < -0.4 is 10.6 Å². The SMILES string of the molecule is O=C(CCNc1ccc(C(F)(F)F)cc1[N+](=O)[O-])Nc1ccc(Cl)cc1C(=O)N1CCCC1. The number of benzene rings is 2. The van der Waals surface area contributed by atoms with Gasteiger partial charge in [0.15, 0.2) is 0 Å². The second kappa shape index (κ2) is 10.1. The number of carbonyl (C=O) groups is 2. The molecule has 1 aliphatic rings. The molecule has 12 heteroatoms. The fraction of sp³-hybridized carbons (Fsp3) is 0.333. The highest BCUT2D eigenvalue weighted by molar-refractivity contribution is 6.31. The number of nitro benzene ring substituents is 1. The largest absolute Gasteiger partial charge is 0.416 e. The summed E-state index contributed by atoms with van der Waals surface area (Å²) >= 11 is 6.02. The van der Waals surface area contributed by atoms with Gasteiger partial charge in [-0.15, -0.1) is 0 Å². The van der Waals surface area contributed by atoms with Gasteiger partial charge in [0.05, 0.1) is 21.7 Å². The zero-order chi connectivity index (χ0) is 24.2. The number of nitro groups is 1. The Morgan fingerprint density at radius 1 is 1.09 bits per heavy atom. The van der Waals surface area contributed by atoms with Gasteiger partial charge in [0, 0.05) is 37.1 Å². The molecular formula is C21H20ClF3N4O4. The lowest BCUT2D eigenvalue weighted by atomic mass is 10.1. The average molecular weight is 485 g/mol. The van der Waals surface area contributed by atoms with Crippen molar-refractivity contribution in [2.24, 2.45) is 0 Å². The minimum atomic E-state index is -4.72. The minimum absolute atomic E-state index is 0.0823. The molecule has 2 aromatic rings. The van der Waals surface area contributed by atoms with Crippen molar-refractivity contribution in [3.8, 4) is 0 Å². The van der Waals surface area contributed by atoms with Crippen LogP contribution in [0.3, 0.4) is 0 Å². The molecule has 0 atom stereocenters. The number of hydrogen-bond acceptors (Lipinski definition) is 5. The number of likely N-dealkylation sites (tertiary alicyclic amines) is 1. The van der Waals surface area contributed by atoms with Crippen LogP contribution in [0.25, 0.3) is 0 Å². The van der Waals surface area contributed by atoms with Gasteiger partial charge in [0.1, 0.15) is 5.69 Å². The summed E-state index contributed by atoms with van der Waals surface area (Å²) in [6.07, 6.45) is -3.07. The fourth-order valence-corrected chi connectivity index (χ4v) is 3.60. The predicted molar refractivity (Wildman–Crippen MR) is 116 cm³/mol. The summed E-state index contributed by atoms with van der Waals surface area (Å²) in [7, 11) is 0. The Labute approximate surface area is 191 Å². The summed E-state index contributed by atoms with van der Waals surface area (Å²) in [5.41, 5.74) is -1.50. The normalized spacial score (nSPS) is 13.6. The smallest absolute Gasteiger partial charge is 0.379 e. The number of nitrogens with zero attached hydrogens (tertiary/aromatic N) is 2. The molecule has 8 nitrogen and oxygen atoms in total. The average Bonchev–Trinajstić information content (AvgIpc) is 3.28. The number of amides is 2. The van der Waals surface area contributed by atoms with Crippen molar-refractivity contribution in [3.63, 3.8) is 0 Å². The van der Waals surface area contributed by atoms with E-state index in [9.17, 15) is 32.9 Å². The topological polar surface area (TPSA) is 105 Å². The highest BCUT2D eigenvalue weighted by atomic mass is 35.5. The van der Waals surface area contributed by atoms with Crippen LogP contribution >= 0.6 is 11.6 Å². The van der Waals surface area contributed by atoms with E-state index >= 15 is 0 Å². The zero-order valence-electron chi connectivity index (χ0n) is 17.2. The van der Waals surface area contributed by atoms with E-state index in [0.29, 0.717) is 24.2 Å². The van der Waals surface area contributed by atoms with Gasteiger partial charge in [-0.1, -0.05) is 11.6 Å². The highest BCUT2D eigenvalue weighted by Crippen LogP contribution is 2.35. The van der Waals surface area contributed by atoms with Crippen LogP contribution in [-0.4, -0.2) is 41.3 Å². The van der Waals surface area contributed by atoms with Crippen molar-refractivity contribution in [3.05, 3.63) is 62.7 Å². The molecule has 1 saturated heterocycles. The summed E-state index contributed by atoms with van der Waals surface area (Å²) in [5.74, 6) is -0.737. The van der Waals surface area contributed by atoms with E-state index in [1.54, 1.807) is 4.90 Å². The maximum atomic E-state index is 12.8. The molecule has 2 N–H and O–H groups in total. The van der Waals surface area contributed by atoms with Crippen LogP contribution in [0.15, 0.2) is 36.4 Å². The minimum Gasteiger partial charge on any atom is -0.379 e.